The molecule has 1 amide bonds. The van der Waals surface area contributed by atoms with E-state index in [4.69, 9.17) is 16.7 Å². The zero-order valence-corrected chi connectivity index (χ0v) is 14.7. The Bertz CT molecular complexity index is 723. The Morgan fingerprint density at radius 1 is 1.15 bits per heavy atom. The Hall–Kier alpha value is -1.76. The van der Waals surface area contributed by atoms with Crippen LogP contribution in [0.1, 0.15) is 49.7 Å². The number of carbonyl (C=O) groups excluding carboxylic acids is 1. The van der Waals surface area contributed by atoms with Gasteiger partial charge in [-0.2, -0.15) is 13.2 Å². The van der Waals surface area contributed by atoms with Gasteiger partial charge in [-0.3, -0.25) is 9.59 Å². The number of halogens is 4. The average Bonchev–Trinajstić information content (AvgIpc) is 3.36. The van der Waals surface area contributed by atoms with Crippen molar-refractivity contribution in [2.75, 3.05) is 0 Å². The van der Waals surface area contributed by atoms with Gasteiger partial charge in [0.25, 0.3) is 0 Å². The fourth-order valence-electron chi connectivity index (χ4n) is 3.62. The number of aliphatic carboxylic acids is 1. The van der Waals surface area contributed by atoms with Gasteiger partial charge in [-0.1, -0.05) is 11.6 Å². The maximum atomic E-state index is 13.0. The molecule has 0 spiro atoms. The maximum Gasteiger partial charge on any atom is 0.416 e. The predicted octanol–water partition coefficient (Wildman–Crippen LogP) is 4.15. The van der Waals surface area contributed by atoms with Crippen LogP contribution in [0, 0.1) is 5.92 Å². The van der Waals surface area contributed by atoms with Crippen LogP contribution in [-0.4, -0.2) is 23.0 Å². The molecule has 2 aliphatic carbocycles. The maximum absolute atomic E-state index is 13.0. The molecule has 2 saturated carbocycles. The van der Waals surface area contributed by atoms with E-state index in [0.717, 1.165) is 12.1 Å². The van der Waals surface area contributed by atoms with Crippen LogP contribution < -0.4 is 5.32 Å². The molecule has 2 aliphatic rings. The lowest BCUT2D eigenvalue weighted by atomic mass is 9.85. The van der Waals surface area contributed by atoms with E-state index in [1.165, 1.54) is 6.07 Å². The highest BCUT2D eigenvalue weighted by Gasteiger charge is 2.53. The predicted molar refractivity (Wildman–Crippen MR) is 88.9 cm³/mol. The third kappa shape index (κ3) is 3.68. The Labute approximate surface area is 153 Å². The molecular formula is C18H19ClF3NO3. The lowest BCUT2D eigenvalue weighted by Gasteiger charge is -2.29. The zero-order valence-electron chi connectivity index (χ0n) is 13.9. The monoisotopic (exact) mass is 389 g/mol. The fourth-order valence-corrected chi connectivity index (χ4v) is 3.92. The van der Waals surface area contributed by atoms with Crippen molar-refractivity contribution in [3.8, 4) is 0 Å². The quantitative estimate of drug-likeness (QED) is 0.813. The summed E-state index contributed by atoms with van der Waals surface area (Å²) in [5.74, 6) is -1.54. The molecule has 0 aromatic heterocycles. The van der Waals surface area contributed by atoms with Crippen molar-refractivity contribution in [2.45, 2.75) is 56.2 Å². The van der Waals surface area contributed by atoms with E-state index in [1.807, 2.05) is 0 Å². The minimum Gasteiger partial charge on any atom is -0.481 e. The van der Waals surface area contributed by atoms with E-state index in [1.54, 1.807) is 0 Å². The Morgan fingerprint density at radius 3 is 2.27 bits per heavy atom. The Balaban J connectivity index is 1.73. The minimum absolute atomic E-state index is 0.153. The van der Waals surface area contributed by atoms with E-state index >= 15 is 0 Å². The van der Waals surface area contributed by atoms with Gasteiger partial charge in [0.15, 0.2) is 0 Å². The number of amides is 1. The van der Waals surface area contributed by atoms with Crippen LogP contribution >= 0.6 is 11.6 Å². The highest BCUT2D eigenvalue weighted by atomic mass is 35.5. The van der Waals surface area contributed by atoms with Crippen LogP contribution in [0.3, 0.4) is 0 Å². The molecule has 8 heteroatoms. The summed E-state index contributed by atoms with van der Waals surface area (Å²) < 4.78 is 39.0. The minimum atomic E-state index is -4.50. The number of carbonyl (C=O) groups is 2. The molecule has 0 unspecified atom stereocenters. The number of hydrogen-bond acceptors (Lipinski definition) is 2. The molecule has 0 atom stereocenters. The molecule has 1 aromatic carbocycles. The topological polar surface area (TPSA) is 66.4 Å². The largest absolute Gasteiger partial charge is 0.481 e. The SMILES string of the molecule is O=C(O)C1CCC(NC(=O)C2(c3cc(C(F)(F)F)ccc3Cl)CC2)CC1. The standard InChI is InChI=1S/C18H19ClF3NO3/c19-14-6-3-11(18(20,21)22)9-13(14)17(7-8-17)16(26)23-12-4-1-10(2-5-12)15(24)25/h3,6,9-10,12H,1-2,4-5,7-8H2,(H,23,26)(H,24,25). The van der Waals surface area contributed by atoms with Gasteiger partial charge in [-0.15, -0.1) is 0 Å². The second-order valence-corrected chi connectivity index (χ2v) is 7.54. The third-order valence-corrected chi connectivity index (χ3v) is 5.74. The van der Waals surface area contributed by atoms with Crippen molar-refractivity contribution in [1.29, 1.82) is 0 Å². The summed E-state index contributed by atoms with van der Waals surface area (Å²) in [6, 6.07) is 2.91. The van der Waals surface area contributed by atoms with Crippen LogP contribution in [0.5, 0.6) is 0 Å². The fraction of sp³-hybridized carbons (Fsp3) is 0.556. The van der Waals surface area contributed by atoms with Crippen molar-refractivity contribution < 1.29 is 27.9 Å². The van der Waals surface area contributed by atoms with E-state index < -0.39 is 29.0 Å². The van der Waals surface area contributed by atoms with Gasteiger partial charge in [0.05, 0.1) is 16.9 Å². The zero-order chi connectivity index (χ0) is 19.1. The molecule has 2 N–H and O–H groups in total. The molecule has 4 nitrogen and oxygen atoms in total. The molecular weight excluding hydrogens is 371 g/mol. The first-order valence-corrected chi connectivity index (χ1v) is 8.92. The summed E-state index contributed by atoms with van der Waals surface area (Å²) in [5.41, 5.74) is -1.62. The molecule has 2 fully saturated rings. The molecule has 0 heterocycles. The smallest absolute Gasteiger partial charge is 0.416 e. The van der Waals surface area contributed by atoms with Crippen LogP contribution in [0.2, 0.25) is 5.02 Å². The molecule has 0 bridgehead atoms. The third-order valence-electron chi connectivity index (χ3n) is 5.41. The number of hydrogen-bond donors (Lipinski definition) is 2. The first-order valence-electron chi connectivity index (χ1n) is 8.54. The Morgan fingerprint density at radius 2 is 1.77 bits per heavy atom. The van der Waals surface area contributed by atoms with E-state index in [0.29, 0.717) is 38.5 Å². The summed E-state index contributed by atoms with van der Waals surface area (Å²) in [6.07, 6.45) is -1.53. The number of alkyl halides is 3. The number of carboxylic acids is 1. The lowest BCUT2D eigenvalue weighted by molar-refractivity contribution is -0.143. The normalized spacial score (nSPS) is 24.8. The molecule has 0 radical (unpaired) electrons. The molecule has 1 aromatic rings. The number of benzene rings is 1. The van der Waals surface area contributed by atoms with Crippen LogP contribution in [0.25, 0.3) is 0 Å². The van der Waals surface area contributed by atoms with Crippen molar-refractivity contribution >= 4 is 23.5 Å². The molecule has 26 heavy (non-hydrogen) atoms. The molecule has 0 saturated heterocycles. The van der Waals surface area contributed by atoms with Gasteiger partial charge in [-0.25, -0.2) is 0 Å². The lowest BCUT2D eigenvalue weighted by Crippen LogP contribution is -2.43. The summed E-state index contributed by atoms with van der Waals surface area (Å²) in [7, 11) is 0. The first kappa shape index (κ1) is 19.0. The summed E-state index contributed by atoms with van der Waals surface area (Å²) in [5, 5.41) is 12.1. The van der Waals surface area contributed by atoms with Crippen LogP contribution in [-0.2, 0) is 21.2 Å². The summed E-state index contributed by atoms with van der Waals surface area (Å²) in [6.45, 7) is 0. The molecule has 0 aliphatic heterocycles. The highest BCUT2D eigenvalue weighted by molar-refractivity contribution is 6.32. The average molecular weight is 390 g/mol. The summed E-state index contributed by atoms with van der Waals surface area (Å²) >= 11 is 6.10. The van der Waals surface area contributed by atoms with Crippen molar-refractivity contribution in [3.63, 3.8) is 0 Å². The second kappa shape index (κ2) is 6.76. The van der Waals surface area contributed by atoms with Crippen LogP contribution in [0.4, 0.5) is 13.2 Å². The van der Waals surface area contributed by atoms with Gasteiger partial charge >= 0.3 is 12.1 Å². The van der Waals surface area contributed by atoms with Crippen LogP contribution in [0.15, 0.2) is 18.2 Å². The number of rotatable bonds is 4. The van der Waals surface area contributed by atoms with Gasteiger partial charge in [0.1, 0.15) is 0 Å². The molecule has 142 valence electrons. The van der Waals surface area contributed by atoms with Gasteiger partial charge in [0, 0.05) is 11.1 Å². The number of nitrogens with one attached hydrogen (secondary N) is 1. The highest BCUT2D eigenvalue weighted by Crippen LogP contribution is 2.52. The first-order chi connectivity index (χ1) is 12.1. The van der Waals surface area contributed by atoms with Crippen molar-refractivity contribution in [1.82, 2.24) is 5.32 Å². The summed E-state index contributed by atoms with van der Waals surface area (Å²) in [4.78, 5) is 23.8. The molecule has 3 rings (SSSR count). The van der Waals surface area contributed by atoms with Gasteiger partial charge < -0.3 is 10.4 Å². The van der Waals surface area contributed by atoms with E-state index in [-0.39, 0.29) is 22.5 Å². The van der Waals surface area contributed by atoms with Crippen molar-refractivity contribution in [2.24, 2.45) is 5.92 Å². The van der Waals surface area contributed by atoms with E-state index in [9.17, 15) is 22.8 Å². The second-order valence-electron chi connectivity index (χ2n) is 7.13. The Kier molecular flexibility index (Phi) is 4.94. The number of carboxylic acid groups (broad SMARTS) is 1. The van der Waals surface area contributed by atoms with Crippen molar-refractivity contribution in [3.05, 3.63) is 34.3 Å². The van der Waals surface area contributed by atoms with Gasteiger partial charge in [-0.05, 0) is 62.3 Å². The van der Waals surface area contributed by atoms with E-state index in [2.05, 4.69) is 5.32 Å². The van der Waals surface area contributed by atoms with Gasteiger partial charge in [0.2, 0.25) is 5.91 Å².